The van der Waals surface area contributed by atoms with Gasteiger partial charge in [0.2, 0.25) is 0 Å². The van der Waals surface area contributed by atoms with Gasteiger partial charge in [-0.25, -0.2) is 0 Å². The minimum atomic E-state index is 0.832. The summed E-state index contributed by atoms with van der Waals surface area (Å²) in [4.78, 5) is 0. The van der Waals surface area contributed by atoms with Crippen molar-refractivity contribution < 1.29 is 0 Å². The molecule has 1 unspecified atom stereocenters. The quantitative estimate of drug-likeness (QED) is 0.526. The van der Waals surface area contributed by atoms with Crippen LogP contribution in [0.1, 0.15) is 39.5 Å². The predicted octanol–water partition coefficient (Wildman–Crippen LogP) is 3.70. The van der Waals surface area contributed by atoms with Gasteiger partial charge in [-0.3, -0.25) is 0 Å². The molecule has 0 saturated heterocycles. The standard InChI is InChI=1S/C11H18/c1-10(2)8-9-11-6-4-3-5-7-11/h4,6,8,11H,3,5,7,9H2,1-2H3. The molecule has 0 fully saturated rings. The molecule has 0 aromatic heterocycles. The normalized spacial score (nSPS) is 23.3. The van der Waals surface area contributed by atoms with E-state index in [1.54, 1.807) is 0 Å². The van der Waals surface area contributed by atoms with Crippen LogP contribution >= 0.6 is 0 Å². The summed E-state index contributed by atoms with van der Waals surface area (Å²) in [7, 11) is 0. The van der Waals surface area contributed by atoms with Crippen molar-refractivity contribution in [2.24, 2.45) is 5.92 Å². The zero-order chi connectivity index (χ0) is 8.10. The summed E-state index contributed by atoms with van der Waals surface area (Å²) in [5.74, 6) is 0.832. The third-order valence-corrected chi connectivity index (χ3v) is 2.18. The zero-order valence-electron chi connectivity index (χ0n) is 7.64. The molecule has 62 valence electrons. The van der Waals surface area contributed by atoms with Crippen LogP contribution in [0.15, 0.2) is 23.8 Å². The molecular formula is C11H18. The second kappa shape index (κ2) is 4.38. The van der Waals surface area contributed by atoms with Crippen LogP contribution in [0.2, 0.25) is 0 Å². The summed E-state index contributed by atoms with van der Waals surface area (Å²) < 4.78 is 0. The highest BCUT2D eigenvalue weighted by atomic mass is 14.1. The van der Waals surface area contributed by atoms with Crippen molar-refractivity contribution in [2.75, 3.05) is 0 Å². The maximum atomic E-state index is 2.38. The van der Waals surface area contributed by atoms with Crippen LogP contribution in [0.4, 0.5) is 0 Å². The fourth-order valence-corrected chi connectivity index (χ4v) is 1.47. The monoisotopic (exact) mass is 150 g/mol. The average Bonchev–Trinajstić information content (AvgIpc) is 2.03. The van der Waals surface area contributed by atoms with E-state index >= 15 is 0 Å². The Morgan fingerprint density at radius 2 is 2.36 bits per heavy atom. The summed E-state index contributed by atoms with van der Waals surface area (Å²) in [5, 5.41) is 0. The minimum Gasteiger partial charge on any atom is -0.0882 e. The SMILES string of the molecule is CC(C)=CCC1C=CCCC1. The highest BCUT2D eigenvalue weighted by molar-refractivity contribution is 5.00. The molecule has 0 bridgehead atoms. The van der Waals surface area contributed by atoms with E-state index in [0.717, 1.165) is 5.92 Å². The van der Waals surface area contributed by atoms with Crippen LogP contribution in [0, 0.1) is 5.92 Å². The number of hydrogen-bond acceptors (Lipinski definition) is 0. The van der Waals surface area contributed by atoms with E-state index in [2.05, 4.69) is 32.1 Å². The fraction of sp³-hybridized carbons (Fsp3) is 0.636. The molecule has 0 aliphatic heterocycles. The fourth-order valence-electron chi connectivity index (χ4n) is 1.47. The Morgan fingerprint density at radius 1 is 1.55 bits per heavy atom. The van der Waals surface area contributed by atoms with Crippen molar-refractivity contribution in [1.82, 2.24) is 0 Å². The molecule has 0 radical (unpaired) electrons. The largest absolute Gasteiger partial charge is 0.0882 e. The summed E-state index contributed by atoms with van der Waals surface area (Å²) in [6, 6.07) is 0. The van der Waals surface area contributed by atoms with E-state index in [1.807, 2.05) is 0 Å². The Labute approximate surface area is 70.0 Å². The molecule has 0 aromatic carbocycles. The molecule has 0 N–H and O–H groups in total. The van der Waals surface area contributed by atoms with E-state index in [-0.39, 0.29) is 0 Å². The topological polar surface area (TPSA) is 0 Å². The van der Waals surface area contributed by atoms with Crippen LogP contribution in [0.25, 0.3) is 0 Å². The van der Waals surface area contributed by atoms with E-state index in [1.165, 1.54) is 31.3 Å². The molecule has 1 aliphatic rings. The van der Waals surface area contributed by atoms with Crippen molar-refractivity contribution in [3.63, 3.8) is 0 Å². The third kappa shape index (κ3) is 3.41. The first kappa shape index (κ1) is 8.58. The van der Waals surface area contributed by atoms with Gasteiger partial charge in [-0.1, -0.05) is 23.8 Å². The molecule has 0 saturated carbocycles. The summed E-state index contributed by atoms with van der Waals surface area (Å²) in [6.45, 7) is 4.35. The van der Waals surface area contributed by atoms with Gasteiger partial charge in [-0.15, -0.1) is 0 Å². The Balaban J connectivity index is 2.31. The van der Waals surface area contributed by atoms with Crippen molar-refractivity contribution in [3.05, 3.63) is 23.8 Å². The molecule has 11 heavy (non-hydrogen) atoms. The lowest BCUT2D eigenvalue weighted by Gasteiger charge is -2.13. The van der Waals surface area contributed by atoms with Crippen LogP contribution in [-0.4, -0.2) is 0 Å². The van der Waals surface area contributed by atoms with Gasteiger partial charge >= 0.3 is 0 Å². The maximum Gasteiger partial charge on any atom is -0.0199 e. The van der Waals surface area contributed by atoms with Crippen molar-refractivity contribution in [3.8, 4) is 0 Å². The minimum absolute atomic E-state index is 0.832. The van der Waals surface area contributed by atoms with Crippen molar-refractivity contribution in [1.29, 1.82) is 0 Å². The highest BCUT2D eigenvalue weighted by Gasteiger charge is 2.05. The molecule has 1 rings (SSSR count). The van der Waals surface area contributed by atoms with Gasteiger partial charge in [0.25, 0.3) is 0 Å². The Hall–Kier alpha value is -0.520. The molecule has 0 amide bonds. The van der Waals surface area contributed by atoms with Gasteiger partial charge in [0, 0.05) is 0 Å². The van der Waals surface area contributed by atoms with Crippen LogP contribution < -0.4 is 0 Å². The second-order valence-corrected chi connectivity index (χ2v) is 3.64. The lowest BCUT2D eigenvalue weighted by Crippen LogP contribution is -1.98. The molecule has 0 heteroatoms. The smallest absolute Gasteiger partial charge is 0.0199 e. The Kier molecular flexibility index (Phi) is 3.41. The highest BCUT2D eigenvalue weighted by Crippen LogP contribution is 2.20. The second-order valence-electron chi connectivity index (χ2n) is 3.64. The molecule has 0 spiro atoms. The lowest BCUT2D eigenvalue weighted by molar-refractivity contribution is 0.546. The average molecular weight is 150 g/mol. The first-order valence-corrected chi connectivity index (χ1v) is 4.59. The van der Waals surface area contributed by atoms with Crippen LogP contribution in [0.3, 0.4) is 0 Å². The van der Waals surface area contributed by atoms with Crippen LogP contribution in [0.5, 0.6) is 0 Å². The molecule has 0 heterocycles. The third-order valence-electron chi connectivity index (χ3n) is 2.18. The number of hydrogen-bond donors (Lipinski definition) is 0. The molecule has 0 aromatic rings. The van der Waals surface area contributed by atoms with E-state index in [9.17, 15) is 0 Å². The van der Waals surface area contributed by atoms with Gasteiger partial charge < -0.3 is 0 Å². The Bertz CT molecular complexity index is 159. The van der Waals surface area contributed by atoms with Crippen LogP contribution in [-0.2, 0) is 0 Å². The summed E-state index contributed by atoms with van der Waals surface area (Å²) in [6.07, 6.45) is 12.4. The number of rotatable bonds is 2. The van der Waals surface area contributed by atoms with Crippen molar-refractivity contribution in [2.45, 2.75) is 39.5 Å². The summed E-state index contributed by atoms with van der Waals surface area (Å²) in [5.41, 5.74) is 1.45. The zero-order valence-corrected chi connectivity index (χ0v) is 7.64. The van der Waals surface area contributed by atoms with Gasteiger partial charge in [-0.2, -0.15) is 0 Å². The first-order chi connectivity index (χ1) is 5.29. The Morgan fingerprint density at radius 3 is 2.91 bits per heavy atom. The van der Waals surface area contributed by atoms with Gasteiger partial charge in [0.05, 0.1) is 0 Å². The van der Waals surface area contributed by atoms with Crippen molar-refractivity contribution >= 4 is 0 Å². The summed E-state index contributed by atoms with van der Waals surface area (Å²) >= 11 is 0. The van der Waals surface area contributed by atoms with Gasteiger partial charge in [-0.05, 0) is 45.4 Å². The number of allylic oxidation sites excluding steroid dienone is 4. The van der Waals surface area contributed by atoms with E-state index in [0.29, 0.717) is 0 Å². The molecule has 1 aliphatic carbocycles. The predicted molar refractivity (Wildman–Crippen MR) is 50.5 cm³/mol. The lowest BCUT2D eigenvalue weighted by atomic mass is 9.92. The van der Waals surface area contributed by atoms with E-state index in [4.69, 9.17) is 0 Å². The van der Waals surface area contributed by atoms with Gasteiger partial charge in [0.1, 0.15) is 0 Å². The molecule has 1 atom stereocenters. The van der Waals surface area contributed by atoms with E-state index < -0.39 is 0 Å². The maximum absolute atomic E-state index is 2.38. The first-order valence-electron chi connectivity index (χ1n) is 4.59. The molecular weight excluding hydrogens is 132 g/mol. The molecule has 0 nitrogen and oxygen atoms in total. The van der Waals surface area contributed by atoms with Gasteiger partial charge in [0.15, 0.2) is 0 Å².